The molecule has 1 saturated carbocycles. The number of ether oxygens (including phenoxy) is 3. The number of hydrogen-bond donors (Lipinski definition) is 0. The molecule has 0 radical (unpaired) electrons. The fraction of sp³-hybridized carbons (Fsp3) is 0.652. The lowest BCUT2D eigenvalue weighted by Crippen LogP contribution is -2.54. The second-order valence-electron chi connectivity index (χ2n) is 8.77. The molecule has 1 amide bonds. The predicted octanol–water partition coefficient (Wildman–Crippen LogP) is 2.53. The highest BCUT2D eigenvalue weighted by Gasteiger charge is 2.60. The Labute approximate surface area is 184 Å². The van der Waals surface area contributed by atoms with E-state index < -0.39 is 0 Å². The molecule has 0 N–H and O–H groups in total. The molecule has 1 aliphatic carbocycles. The van der Waals surface area contributed by atoms with Crippen molar-refractivity contribution in [2.24, 2.45) is 11.1 Å². The van der Waals surface area contributed by atoms with Crippen LogP contribution in [0.25, 0.3) is 0 Å². The predicted molar refractivity (Wildman–Crippen MR) is 116 cm³/mol. The molecular weight excluding hydrogens is 398 g/mol. The molecule has 8 heteroatoms. The topological polar surface area (TPSA) is 76.1 Å². The molecule has 1 spiro atoms. The molecule has 0 aromatic heterocycles. The zero-order chi connectivity index (χ0) is 21.8. The van der Waals surface area contributed by atoms with Gasteiger partial charge < -0.3 is 28.8 Å². The summed E-state index contributed by atoms with van der Waals surface area (Å²) < 4.78 is 17.7. The first-order chi connectivity index (χ1) is 15.0. The Balaban J connectivity index is 1.41. The minimum absolute atomic E-state index is 0.118. The Bertz CT molecular complexity index is 775. The molecule has 3 unspecified atom stereocenters. The lowest BCUT2D eigenvalue weighted by molar-refractivity contribution is -0.0884. The summed E-state index contributed by atoms with van der Waals surface area (Å²) in [5, 5.41) is 4.39. The average Bonchev–Trinajstić information content (AvgIpc) is 3.55. The highest BCUT2D eigenvalue weighted by atomic mass is 16.6. The van der Waals surface area contributed by atoms with Gasteiger partial charge in [-0.15, -0.1) is 0 Å². The smallest absolute Gasteiger partial charge is 0.410 e. The second kappa shape index (κ2) is 9.54. The van der Waals surface area contributed by atoms with Crippen LogP contribution in [0.2, 0.25) is 0 Å². The zero-order valence-corrected chi connectivity index (χ0v) is 18.7. The summed E-state index contributed by atoms with van der Waals surface area (Å²) in [5.41, 5.74) is 1.57. The summed E-state index contributed by atoms with van der Waals surface area (Å²) in [5.74, 6) is -0.118. The van der Waals surface area contributed by atoms with E-state index in [0.29, 0.717) is 32.7 Å². The molecule has 3 aliphatic rings. The number of likely N-dealkylation sites (N-methyl/N-ethyl adjacent to an activating group) is 1. The molecule has 1 aromatic carbocycles. The molecule has 0 bridgehead atoms. The number of amides is 1. The van der Waals surface area contributed by atoms with Gasteiger partial charge in [-0.2, -0.15) is 0 Å². The third-order valence-electron chi connectivity index (χ3n) is 6.65. The minimum atomic E-state index is -0.337. The molecular formula is C23H33N3O5. The van der Waals surface area contributed by atoms with Crippen molar-refractivity contribution >= 4 is 11.8 Å². The first-order valence-corrected chi connectivity index (χ1v) is 11.0. The van der Waals surface area contributed by atoms with Crippen molar-refractivity contribution in [2.45, 2.75) is 44.2 Å². The Hall–Kier alpha value is -2.16. The maximum atomic E-state index is 12.8. The third kappa shape index (κ3) is 5.02. The standard InChI is InChI=1S/C23H33N3O5/c1-17(24-30-15-18-7-5-4-6-8-18)20-21(28-3)19(9-10-23(20)16-29-23)31-22(27)26-13-11-25(2)12-14-26/h4-8,19-21H,9-16H2,1-3H3/t19?,20?,21?,23-/m0/s1. The van der Waals surface area contributed by atoms with Gasteiger partial charge in [0, 0.05) is 33.3 Å². The van der Waals surface area contributed by atoms with E-state index in [1.54, 1.807) is 12.0 Å². The van der Waals surface area contributed by atoms with Gasteiger partial charge in [0.05, 0.1) is 18.2 Å². The number of oxime groups is 1. The molecule has 3 fully saturated rings. The molecule has 2 aliphatic heterocycles. The van der Waals surface area contributed by atoms with E-state index in [1.165, 1.54) is 0 Å². The van der Waals surface area contributed by atoms with Gasteiger partial charge in [-0.1, -0.05) is 35.5 Å². The fourth-order valence-corrected chi connectivity index (χ4v) is 4.70. The molecule has 2 heterocycles. The quantitative estimate of drug-likeness (QED) is 0.391. The van der Waals surface area contributed by atoms with Crippen LogP contribution in [-0.4, -0.2) is 86.4 Å². The Morgan fingerprint density at radius 2 is 1.94 bits per heavy atom. The minimum Gasteiger partial charge on any atom is -0.443 e. The number of carbonyl (C=O) groups excluding carboxylic acids is 1. The molecule has 1 aromatic rings. The van der Waals surface area contributed by atoms with Crippen molar-refractivity contribution in [3.8, 4) is 0 Å². The summed E-state index contributed by atoms with van der Waals surface area (Å²) in [6.45, 7) is 6.10. The SMILES string of the molecule is COC1C(OC(=O)N2CCN(C)CC2)CC[C@]2(CO2)C1C(C)=NOCc1ccccc1. The van der Waals surface area contributed by atoms with Crippen molar-refractivity contribution in [1.82, 2.24) is 9.80 Å². The lowest BCUT2D eigenvalue weighted by Gasteiger charge is -2.41. The van der Waals surface area contributed by atoms with Crippen LogP contribution in [0.4, 0.5) is 4.79 Å². The molecule has 4 atom stereocenters. The maximum absolute atomic E-state index is 12.8. The zero-order valence-electron chi connectivity index (χ0n) is 18.7. The Morgan fingerprint density at radius 3 is 2.58 bits per heavy atom. The largest absolute Gasteiger partial charge is 0.443 e. The number of benzene rings is 1. The average molecular weight is 432 g/mol. The number of rotatable bonds is 6. The summed E-state index contributed by atoms with van der Waals surface area (Å²) in [7, 11) is 3.72. The van der Waals surface area contributed by atoms with Crippen LogP contribution in [0.15, 0.2) is 35.5 Å². The van der Waals surface area contributed by atoms with Crippen LogP contribution < -0.4 is 0 Å². The van der Waals surface area contributed by atoms with Crippen LogP contribution in [0.5, 0.6) is 0 Å². The van der Waals surface area contributed by atoms with Gasteiger partial charge in [-0.3, -0.25) is 0 Å². The van der Waals surface area contributed by atoms with Crippen LogP contribution >= 0.6 is 0 Å². The Kier molecular flexibility index (Phi) is 6.79. The van der Waals surface area contributed by atoms with Crippen molar-refractivity contribution < 1.29 is 23.8 Å². The Morgan fingerprint density at radius 1 is 1.23 bits per heavy atom. The van der Waals surface area contributed by atoms with Gasteiger partial charge in [-0.25, -0.2) is 4.79 Å². The molecule has 2 saturated heterocycles. The number of nitrogens with zero attached hydrogens (tertiary/aromatic N) is 3. The number of hydrogen-bond acceptors (Lipinski definition) is 7. The van der Waals surface area contributed by atoms with E-state index in [9.17, 15) is 4.79 Å². The molecule has 170 valence electrons. The van der Waals surface area contributed by atoms with E-state index in [4.69, 9.17) is 19.0 Å². The van der Waals surface area contributed by atoms with Crippen molar-refractivity contribution in [3.05, 3.63) is 35.9 Å². The number of epoxide rings is 1. The monoisotopic (exact) mass is 431 g/mol. The van der Waals surface area contributed by atoms with Crippen LogP contribution in [0.1, 0.15) is 25.3 Å². The molecule has 4 rings (SSSR count). The summed E-state index contributed by atoms with van der Waals surface area (Å²) in [6, 6.07) is 9.93. The van der Waals surface area contributed by atoms with Gasteiger partial charge >= 0.3 is 6.09 Å². The van der Waals surface area contributed by atoms with Gasteiger partial charge in [-0.05, 0) is 32.4 Å². The fourth-order valence-electron chi connectivity index (χ4n) is 4.70. The first kappa shape index (κ1) is 22.0. The third-order valence-corrected chi connectivity index (χ3v) is 6.65. The van der Waals surface area contributed by atoms with Gasteiger partial charge in [0.15, 0.2) is 0 Å². The molecule has 31 heavy (non-hydrogen) atoms. The van der Waals surface area contributed by atoms with Crippen molar-refractivity contribution in [3.63, 3.8) is 0 Å². The van der Waals surface area contributed by atoms with E-state index in [0.717, 1.165) is 30.8 Å². The van der Waals surface area contributed by atoms with E-state index in [-0.39, 0.29) is 29.8 Å². The van der Waals surface area contributed by atoms with Crippen LogP contribution in [-0.2, 0) is 25.7 Å². The first-order valence-electron chi connectivity index (χ1n) is 11.0. The normalized spacial score (nSPS) is 31.5. The van der Waals surface area contributed by atoms with E-state index in [2.05, 4.69) is 17.1 Å². The summed E-state index contributed by atoms with van der Waals surface area (Å²) in [6.07, 6.45) is 0.602. The summed E-state index contributed by atoms with van der Waals surface area (Å²) >= 11 is 0. The lowest BCUT2D eigenvalue weighted by atomic mass is 9.73. The van der Waals surface area contributed by atoms with E-state index >= 15 is 0 Å². The number of piperazine rings is 1. The summed E-state index contributed by atoms with van der Waals surface area (Å²) in [4.78, 5) is 22.4. The number of carbonyl (C=O) groups is 1. The van der Waals surface area contributed by atoms with Gasteiger partial charge in [0.25, 0.3) is 0 Å². The van der Waals surface area contributed by atoms with Gasteiger partial charge in [0.2, 0.25) is 0 Å². The maximum Gasteiger partial charge on any atom is 0.410 e. The van der Waals surface area contributed by atoms with Crippen LogP contribution in [0, 0.1) is 5.92 Å². The molecule has 8 nitrogen and oxygen atoms in total. The van der Waals surface area contributed by atoms with Crippen molar-refractivity contribution in [1.29, 1.82) is 0 Å². The number of methoxy groups -OCH3 is 1. The highest BCUT2D eigenvalue weighted by molar-refractivity contribution is 5.86. The van der Waals surface area contributed by atoms with Gasteiger partial charge in [0.1, 0.15) is 24.4 Å². The van der Waals surface area contributed by atoms with Crippen LogP contribution in [0.3, 0.4) is 0 Å². The second-order valence-corrected chi connectivity index (χ2v) is 8.77. The highest BCUT2D eigenvalue weighted by Crippen LogP contribution is 2.48. The van der Waals surface area contributed by atoms with Crippen molar-refractivity contribution in [2.75, 3.05) is 46.9 Å². The van der Waals surface area contributed by atoms with E-state index in [1.807, 2.05) is 37.3 Å².